The van der Waals surface area contributed by atoms with Gasteiger partial charge in [0, 0.05) is 17.3 Å². The molecule has 3 heteroatoms. The molecule has 0 aromatic rings. The summed E-state index contributed by atoms with van der Waals surface area (Å²) in [7, 11) is 0. The van der Waals surface area contributed by atoms with Crippen LogP contribution in [0.25, 0.3) is 0 Å². The summed E-state index contributed by atoms with van der Waals surface area (Å²) >= 11 is 0. The molecular weight excluding hydrogens is 288 g/mol. The molecule has 3 nitrogen and oxygen atoms in total. The van der Waals surface area contributed by atoms with Crippen LogP contribution in [-0.2, 0) is 4.79 Å². The van der Waals surface area contributed by atoms with Crippen molar-refractivity contribution in [1.82, 2.24) is 0 Å². The molecule has 0 aliphatic heterocycles. The Labute approximate surface area is 140 Å². The average Bonchev–Trinajstić information content (AvgIpc) is 2.55. The topological polar surface area (TPSA) is 57.5 Å². The summed E-state index contributed by atoms with van der Waals surface area (Å²) in [6.07, 6.45) is 11.9. The zero-order valence-electron chi connectivity index (χ0n) is 14.6. The van der Waals surface area contributed by atoms with E-state index >= 15 is 0 Å². The second kappa shape index (κ2) is 6.68. The van der Waals surface area contributed by atoms with Crippen LogP contribution in [0.2, 0.25) is 0 Å². The second-order valence-electron chi connectivity index (χ2n) is 8.47. The quantitative estimate of drug-likeness (QED) is 0.780. The van der Waals surface area contributed by atoms with Crippen LogP contribution in [0.3, 0.4) is 0 Å². The maximum atomic E-state index is 12.2. The minimum Gasteiger partial charge on any atom is -0.393 e. The van der Waals surface area contributed by atoms with Gasteiger partial charge in [-0.3, -0.25) is 4.79 Å². The number of aliphatic hydroxyl groups excluding tert-OH is 2. The highest BCUT2D eigenvalue weighted by molar-refractivity contribution is 5.93. The van der Waals surface area contributed by atoms with Crippen molar-refractivity contribution >= 4 is 5.78 Å². The molecule has 2 N–H and O–H groups in total. The van der Waals surface area contributed by atoms with Crippen molar-refractivity contribution in [3.63, 3.8) is 0 Å². The van der Waals surface area contributed by atoms with E-state index in [1.807, 2.05) is 19.1 Å². The number of carbonyl (C=O) groups is 1. The van der Waals surface area contributed by atoms with Crippen molar-refractivity contribution in [2.75, 3.05) is 0 Å². The largest absolute Gasteiger partial charge is 0.393 e. The third-order valence-electron chi connectivity index (χ3n) is 6.92. The van der Waals surface area contributed by atoms with E-state index < -0.39 is 6.10 Å². The Morgan fingerprint density at radius 3 is 2.65 bits per heavy atom. The second-order valence-corrected chi connectivity index (χ2v) is 8.47. The van der Waals surface area contributed by atoms with Crippen LogP contribution in [0, 0.1) is 29.1 Å². The molecule has 0 spiro atoms. The summed E-state index contributed by atoms with van der Waals surface area (Å²) in [4.78, 5) is 12.2. The third kappa shape index (κ3) is 3.15. The molecule has 0 saturated heterocycles. The number of carbonyl (C=O) groups excluding carboxylic acids is 1. The molecule has 1 unspecified atom stereocenters. The first-order valence-electron chi connectivity index (χ1n) is 9.52. The number of Topliss-reactive ketones (excluding diaryl/α,β-unsaturated/α-hetero) is 1. The summed E-state index contributed by atoms with van der Waals surface area (Å²) in [5, 5.41) is 20.7. The van der Waals surface area contributed by atoms with Gasteiger partial charge in [0.2, 0.25) is 0 Å². The van der Waals surface area contributed by atoms with E-state index in [9.17, 15) is 15.0 Å². The maximum Gasteiger partial charge on any atom is 0.142 e. The Balaban J connectivity index is 1.61. The molecule has 130 valence electrons. The predicted octanol–water partition coefficient (Wildman–Crippen LogP) is 3.49. The molecule has 0 bridgehead atoms. The van der Waals surface area contributed by atoms with Gasteiger partial charge >= 0.3 is 0 Å². The molecule has 0 aromatic heterocycles. The van der Waals surface area contributed by atoms with Crippen LogP contribution in [0.15, 0.2) is 12.2 Å². The molecule has 0 heterocycles. The lowest BCUT2D eigenvalue weighted by Gasteiger charge is -2.57. The highest BCUT2D eigenvalue weighted by Crippen LogP contribution is 2.58. The molecule has 0 aromatic carbocycles. The van der Waals surface area contributed by atoms with Crippen molar-refractivity contribution in [3.05, 3.63) is 12.2 Å². The number of hydrogen-bond donors (Lipinski definition) is 2. The summed E-state index contributed by atoms with van der Waals surface area (Å²) in [5.74, 6) is 1.30. The first kappa shape index (κ1) is 17.2. The lowest BCUT2D eigenvalue weighted by Crippen LogP contribution is -2.62. The van der Waals surface area contributed by atoms with Crippen molar-refractivity contribution in [2.24, 2.45) is 29.1 Å². The lowest BCUT2D eigenvalue weighted by molar-refractivity contribution is -0.170. The van der Waals surface area contributed by atoms with Gasteiger partial charge in [0.1, 0.15) is 5.78 Å². The molecule has 3 rings (SSSR count). The maximum absolute atomic E-state index is 12.2. The van der Waals surface area contributed by atoms with Gasteiger partial charge in [0.25, 0.3) is 0 Å². The van der Waals surface area contributed by atoms with Gasteiger partial charge in [0.15, 0.2) is 0 Å². The Morgan fingerprint density at radius 1 is 1.26 bits per heavy atom. The Kier molecular flexibility index (Phi) is 4.98. The van der Waals surface area contributed by atoms with Gasteiger partial charge in [-0.1, -0.05) is 58.1 Å². The molecule has 3 aliphatic rings. The van der Waals surface area contributed by atoms with Gasteiger partial charge in [-0.05, 0) is 31.1 Å². The smallest absolute Gasteiger partial charge is 0.142 e. The Hall–Kier alpha value is -0.670. The minimum atomic E-state index is -0.412. The fourth-order valence-electron chi connectivity index (χ4n) is 5.58. The Morgan fingerprint density at radius 2 is 1.96 bits per heavy atom. The van der Waals surface area contributed by atoms with Gasteiger partial charge in [0.05, 0.1) is 12.2 Å². The van der Waals surface area contributed by atoms with Crippen LogP contribution < -0.4 is 0 Å². The fourth-order valence-corrected chi connectivity index (χ4v) is 5.58. The Bertz CT molecular complexity index is 466. The van der Waals surface area contributed by atoms with Crippen LogP contribution in [-0.4, -0.2) is 28.2 Å². The predicted molar refractivity (Wildman–Crippen MR) is 90.8 cm³/mol. The standard InChI is InChI=1S/C20H32O3/c1-13-18-16(17(22)10-11-20(18,2)19(13)23)9-8-15(21)12-14-6-4-3-5-7-14/h8-9,13-18,21-22H,3-7,10-12H2,1-2H3/t13?,15-,16+,17-,18-,20+/m0/s1. The normalized spacial score (nSPS) is 43.2. The summed E-state index contributed by atoms with van der Waals surface area (Å²) in [5.41, 5.74) is -0.248. The van der Waals surface area contributed by atoms with E-state index in [0.29, 0.717) is 18.1 Å². The van der Waals surface area contributed by atoms with Gasteiger partial charge in [-0.25, -0.2) is 0 Å². The summed E-state index contributed by atoms with van der Waals surface area (Å²) < 4.78 is 0. The van der Waals surface area contributed by atoms with E-state index in [-0.39, 0.29) is 29.3 Å². The van der Waals surface area contributed by atoms with E-state index in [1.54, 1.807) is 0 Å². The molecule has 0 radical (unpaired) electrons. The van der Waals surface area contributed by atoms with Crippen LogP contribution in [0.5, 0.6) is 0 Å². The lowest BCUT2D eigenvalue weighted by atomic mass is 9.45. The number of fused-ring (bicyclic) bond motifs is 1. The van der Waals surface area contributed by atoms with E-state index in [4.69, 9.17) is 0 Å². The molecule has 3 aliphatic carbocycles. The van der Waals surface area contributed by atoms with Crippen LogP contribution in [0.4, 0.5) is 0 Å². The molecule has 23 heavy (non-hydrogen) atoms. The number of rotatable bonds is 4. The van der Waals surface area contributed by atoms with Crippen molar-refractivity contribution < 1.29 is 15.0 Å². The third-order valence-corrected chi connectivity index (χ3v) is 6.92. The van der Waals surface area contributed by atoms with Crippen molar-refractivity contribution in [3.8, 4) is 0 Å². The average molecular weight is 320 g/mol. The van der Waals surface area contributed by atoms with E-state index in [1.165, 1.54) is 32.1 Å². The SMILES string of the molecule is CC1C(=O)[C@]2(C)CC[C@H](O)[C@@H](C=C[C@H](O)CC3CCCCC3)[C@H]12. The van der Waals surface area contributed by atoms with Gasteiger partial charge < -0.3 is 10.2 Å². The number of hydrogen-bond acceptors (Lipinski definition) is 3. The molecule has 0 amide bonds. The number of ketones is 1. The molecular formula is C20H32O3. The first-order valence-corrected chi connectivity index (χ1v) is 9.52. The monoisotopic (exact) mass is 320 g/mol. The first-order chi connectivity index (χ1) is 10.9. The summed E-state index contributed by atoms with van der Waals surface area (Å²) in [6, 6.07) is 0. The van der Waals surface area contributed by atoms with Gasteiger partial charge in [-0.2, -0.15) is 0 Å². The van der Waals surface area contributed by atoms with Crippen LogP contribution in [0.1, 0.15) is 65.2 Å². The highest BCUT2D eigenvalue weighted by Gasteiger charge is 2.61. The minimum absolute atomic E-state index is 0.0162. The van der Waals surface area contributed by atoms with Gasteiger partial charge in [-0.15, -0.1) is 0 Å². The molecule has 3 saturated carbocycles. The zero-order chi connectivity index (χ0) is 16.6. The van der Waals surface area contributed by atoms with Crippen molar-refractivity contribution in [1.29, 1.82) is 0 Å². The highest BCUT2D eigenvalue weighted by atomic mass is 16.3. The zero-order valence-corrected chi connectivity index (χ0v) is 14.6. The molecule has 6 atom stereocenters. The number of aliphatic hydroxyl groups is 2. The van der Waals surface area contributed by atoms with Crippen molar-refractivity contribution in [2.45, 2.75) is 77.4 Å². The fraction of sp³-hybridized carbons (Fsp3) is 0.850. The van der Waals surface area contributed by atoms with Crippen LogP contribution >= 0.6 is 0 Å². The van der Waals surface area contributed by atoms with E-state index in [0.717, 1.165) is 12.8 Å². The summed E-state index contributed by atoms with van der Waals surface area (Å²) in [6.45, 7) is 4.05. The van der Waals surface area contributed by atoms with E-state index in [2.05, 4.69) is 6.92 Å². The molecule has 3 fully saturated rings.